The molecule has 0 radical (unpaired) electrons. The molecule has 6 nitrogen and oxygen atoms in total. The second-order valence-corrected chi connectivity index (χ2v) is 4.30. The largest absolute Gasteiger partial charge is 0.335 e. The molecule has 1 saturated heterocycles. The van der Waals surface area contributed by atoms with Crippen molar-refractivity contribution in [2.24, 2.45) is 0 Å². The molecule has 1 aliphatic heterocycles. The van der Waals surface area contributed by atoms with E-state index in [0.29, 0.717) is 16.7 Å². The minimum atomic E-state index is -0.917. The van der Waals surface area contributed by atoms with E-state index in [-0.39, 0.29) is 25.9 Å². The molecule has 0 aromatic rings. The first-order chi connectivity index (χ1) is 7.65. The van der Waals surface area contributed by atoms with Crippen LogP contribution >= 0.6 is 19.8 Å². The predicted octanol–water partition coefficient (Wildman–Crippen LogP) is 1.13. The molecule has 0 aliphatic carbocycles. The SMILES string of the molecule is O=C(CCOSPF)ON1C(=O)CCC1=O. The van der Waals surface area contributed by atoms with E-state index in [4.69, 9.17) is 0 Å². The summed E-state index contributed by atoms with van der Waals surface area (Å²) >= 11 is 0.600. The van der Waals surface area contributed by atoms with Gasteiger partial charge in [-0.3, -0.25) is 9.59 Å². The van der Waals surface area contributed by atoms with E-state index in [2.05, 4.69) is 9.02 Å². The van der Waals surface area contributed by atoms with E-state index in [1.807, 2.05) is 0 Å². The van der Waals surface area contributed by atoms with Crippen LogP contribution < -0.4 is 0 Å². The summed E-state index contributed by atoms with van der Waals surface area (Å²) in [5.41, 5.74) is 0. The highest BCUT2D eigenvalue weighted by Crippen LogP contribution is 2.30. The average Bonchev–Trinajstić information content (AvgIpc) is 2.56. The van der Waals surface area contributed by atoms with E-state index in [0.717, 1.165) is 0 Å². The number of carbonyl (C=O) groups is 3. The molecular formula is C7H9FNO5PS. The molecule has 1 heterocycles. The zero-order chi connectivity index (χ0) is 12.0. The number of imide groups is 1. The molecule has 0 aromatic heterocycles. The molecule has 1 aliphatic rings. The van der Waals surface area contributed by atoms with Crippen molar-refractivity contribution in [2.75, 3.05) is 6.61 Å². The Morgan fingerprint density at radius 1 is 1.44 bits per heavy atom. The van der Waals surface area contributed by atoms with Gasteiger partial charge in [-0.1, -0.05) is 0 Å². The van der Waals surface area contributed by atoms with Gasteiger partial charge in [-0.2, -0.15) is 0 Å². The molecule has 0 spiro atoms. The van der Waals surface area contributed by atoms with Gasteiger partial charge in [-0.05, 0) is 0 Å². The second-order valence-electron chi connectivity index (χ2n) is 2.78. The third-order valence-electron chi connectivity index (χ3n) is 1.68. The van der Waals surface area contributed by atoms with E-state index in [1.165, 1.54) is 0 Å². The van der Waals surface area contributed by atoms with Gasteiger partial charge in [0.05, 0.1) is 24.7 Å². The Morgan fingerprint density at radius 3 is 2.62 bits per heavy atom. The van der Waals surface area contributed by atoms with E-state index < -0.39 is 25.9 Å². The average molecular weight is 269 g/mol. The fourth-order valence-corrected chi connectivity index (χ4v) is 1.59. The maximum absolute atomic E-state index is 11.6. The number of hydrogen-bond donors (Lipinski definition) is 0. The van der Waals surface area contributed by atoms with Crippen molar-refractivity contribution in [1.82, 2.24) is 5.06 Å². The lowest BCUT2D eigenvalue weighted by Crippen LogP contribution is -2.32. The first-order valence-electron chi connectivity index (χ1n) is 4.36. The van der Waals surface area contributed by atoms with Crippen molar-refractivity contribution < 1.29 is 27.6 Å². The molecule has 0 aromatic carbocycles. The van der Waals surface area contributed by atoms with Crippen LogP contribution in [0.1, 0.15) is 19.3 Å². The zero-order valence-electron chi connectivity index (χ0n) is 8.10. The Labute approximate surface area is 96.6 Å². The Balaban J connectivity index is 2.23. The van der Waals surface area contributed by atoms with E-state index in [1.54, 1.807) is 0 Å². The van der Waals surface area contributed by atoms with Gasteiger partial charge in [0.25, 0.3) is 11.8 Å². The highest BCUT2D eigenvalue weighted by molar-refractivity contribution is 8.45. The molecule has 0 saturated carbocycles. The lowest BCUT2D eigenvalue weighted by atomic mass is 10.4. The van der Waals surface area contributed by atoms with Gasteiger partial charge < -0.3 is 9.02 Å². The van der Waals surface area contributed by atoms with Gasteiger partial charge in [0, 0.05) is 12.8 Å². The lowest BCUT2D eigenvalue weighted by Gasteiger charge is -2.11. The minimum Gasteiger partial charge on any atom is -0.330 e. The van der Waals surface area contributed by atoms with Crippen LogP contribution in [0.3, 0.4) is 0 Å². The van der Waals surface area contributed by atoms with E-state index >= 15 is 0 Å². The van der Waals surface area contributed by atoms with Crippen molar-refractivity contribution >= 4 is 37.5 Å². The number of halogens is 1. The van der Waals surface area contributed by atoms with Crippen molar-refractivity contribution in [3.63, 3.8) is 0 Å². The van der Waals surface area contributed by atoms with E-state index in [9.17, 15) is 18.6 Å². The molecule has 90 valence electrons. The summed E-state index contributed by atoms with van der Waals surface area (Å²) < 4.78 is 16.2. The van der Waals surface area contributed by atoms with Gasteiger partial charge in [0.2, 0.25) is 0 Å². The molecule has 2 amide bonds. The molecule has 1 fully saturated rings. The van der Waals surface area contributed by atoms with Crippen LogP contribution in [-0.2, 0) is 23.4 Å². The highest BCUT2D eigenvalue weighted by atomic mass is 32.7. The topological polar surface area (TPSA) is 72.9 Å². The quantitative estimate of drug-likeness (QED) is 0.311. The normalized spacial score (nSPS) is 16.4. The van der Waals surface area contributed by atoms with Gasteiger partial charge in [-0.15, -0.1) is 5.06 Å². The van der Waals surface area contributed by atoms with Crippen molar-refractivity contribution in [3.05, 3.63) is 0 Å². The van der Waals surface area contributed by atoms with Crippen LogP contribution in [0.4, 0.5) is 4.20 Å². The third kappa shape index (κ3) is 4.03. The number of carbonyl (C=O) groups excluding carboxylic acids is 3. The molecule has 1 atom stereocenters. The van der Waals surface area contributed by atoms with Crippen LogP contribution in [0.5, 0.6) is 0 Å². The van der Waals surface area contributed by atoms with Crippen molar-refractivity contribution in [3.8, 4) is 0 Å². The Kier molecular flexibility index (Phi) is 5.65. The van der Waals surface area contributed by atoms with Crippen LogP contribution in [0, 0.1) is 0 Å². The maximum atomic E-state index is 11.6. The summed E-state index contributed by atoms with van der Waals surface area (Å²) in [5.74, 6) is -1.82. The second kappa shape index (κ2) is 6.78. The molecular weight excluding hydrogens is 260 g/mol. The molecule has 0 bridgehead atoms. The summed E-state index contributed by atoms with van der Waals surface area (Å²) in [6.45, 7) is -0.0311. The smallest absolute Gasteiger partial charge is 0.330 e. The minimum absolute atomic E-state index is 0.0311. The fourth-order valence-electron chi connectivity index (χ4n) is 0.994. The lowest BCUT2D eigenvalue weighted by molar-refractivity contribution is -0.197. The summed E-state index contributed by atoms with van der Waals surface area (Å²) in [7, 11) is -0.917. The van der Waals surface area contributed by atoms with Crippen LogP contribution in [0.2, 0.25) is 0 Å². The van der Waals surface area contributed by atoms with Crippen LogP contribution in [0.15, 0.2) is 0 Å². The fraction of sp³-hybridized carbons (Fsp3) is 0.571. The predicted molar refractivity (Wildman–Crippen MR) is 54.8 cm³/mol. The first-order valence-corrected chi connectivity index (χ1v) is 6.70. The number of nitrogens with zero attached hydrogens (tertiary/aromatic N) is 1. The molecule has 9 heteroatoms. The first kappa shape index (κ1) is 13.3. The van der Waals surface area contributed by atoms with Crippen molar-refractivity contribution in [2.45, 2.75) is 19.3 Å². The number of hydroxylamine groups is 2. The summed E-state index contributed by atoms with van der Waals surface area (Å²) in [6, 6.07) is 0. The maximum Gasteiger partial charge on any atom is 0.335 e. The zero-order valence-corrected chi connectivity index (χ0v) is 9.92. The number of rotatable bonds is 6. The van der Waals surface area contributed by atoms with Crippen LogP contribution in [0.25, 0.3) is 0 Å². The van der Waals surface area contributed by atoms with Gasteiger partial charge >= 0.3 is 5.97 Å². The van der Waals surface area contributed by atoms with Gasteiger partial charge in [-0.25, -0.2) is 8.99 Å². The molecule has 0 N–H and O–H groups in total. The Morgan fingerprint density at radius 2 is 2.06 bits per heavy atom. The summed E-state index contributed by atoms with van der Waals surface area (Å²) in [5, 5.41) is 0.465. The van der Waals surface area contributed by atoms with Crippen molar-refractivity contribution in [1.29, 1.82) is 0 Å². The molecule has 1 rings (SSSR count). The number of amides is 2. The summed E-state index contributed by atoms with van der Waals surface area (Å²) in [4.78, 5) is 37.7. The Bertz CT molecular complexity index is 287. The Hall–Kier alpha value is -0.720. The third-order valence-corrected chi connectivity index (χ3v) is 2.57. The monoisotopic (exact) mass is 269 g/mol. The van der Waals surface area contributed by atoms with Gasteiger partial charge in [0.1, 0.15) is 0 Å². The standard InChI is InChI=1S/C7H9FNO5PS/c8-15-16-13-4-3-7(12)14-9-5(10)1-2-6(9)11/h15H,1-4H2. The van der Waals surface area contributed by atoms with Gasteiger partial charge in [0.15, 0.2) is 8.09 Å². The number of hydrogen-bond acceptors (Lipinski definition) is 6. The highest BCUT2D eigenvalue weighted by Gasteiger charge is 2.32. The molecule has 16 heavy (non-hydrogen) atoms. The summed E-state index contributed by atoms with van der Waals surface area (Å²) in [6.07, 6.45) is -0.0303. The molecule has 1 unspecified atom stereocenters. The van der Waals surface area contributed by atoms with Crippen LogP contribution in [-0.4, -0.2) is 29.5 Å².